The van der Waals surface area contributed by atoms with E-state index in [1.54, 1.807) is 0 Å². The van der Waals surface area contributed by atoms with Crippen LogP contribution in [0, 0.1) is 0 Å². The highest BCUT2D eigenvalue weighted by Gasteiger charge is 1.97. The van der Waals surface area contributed by atoms with E-state index >= 15 is 0 Å². The van der Waals surface area contributed by atoms with Crippen LogP contribution in [0.5, 0.6) is 0 Å². The van der Waals surface area contributed by atoms with Crippen LogP contribution < -0.4 is 0 Å². The van der Waals surface area contributed by atoms with Gasteiger partial charge in [0.15, 0.2) is 0 Å². The summed E-state index contributed by atoms with van der Waals surface area (Å²) in [6, 6.07) is 0. The van der Waals surface area contributed by atoms with Crippen LogP contribution in [0.1, 0.15) is 178 Å². The average molecular weight is 389 g/mol. The highest BCUT2D eigenvalue weighted by Crippen LogP contribution is 2.16. The topological polar surface area (TPSA) is 0 Å². The lowest BCUT2D eigenvalue weighted by atomic mass is 10.0. The molecule has 0 aliphatic heterocycles. The van der Waals surface area contributed by atoms with Crippen LogP contribution in [-0.2, 0) is 0 Å². The maximum absolute atomic E-state index is 1.50. The van der Waals surface area contributed by atoms with E-state index < -0.39 is 0 Å². The van der Waals surface area contributed by atoms with Gasteiger partial charge in [0.25, 0.3) is 0 Å². The maximum atomic E-state index is 1.50. The van der Waals surface area contributed by atoms with Crippen LogP contribution in [0.15, 0.2) is 0 Å². The minimum atomic E-state index is 0. The van der Waals surface area contributed by atoms with E-state index in [-0.39, 0.29) is 37.1 Å². The Hall–Kier alpha value is 0. The van der Waals surface area contributed by atoms with Crippen molar-refractivity contribution in [1.82, 2.24) is 0 Å². The second kappa shape index (κ2) is 33.6. The molecule has 4 fully saturated rings. The largest absolute Gasteiger partial charge is 0.0776 e. The van der Waals surface area contributed by atoms with Crippen molar-refractivity contribution in [2.45, 2.75) is 178 Å². The molecule has 0 spiro atoms. The van der Waals surface area contributed by atoms with Crippen molar-refractivity contribution < 1.29 is 0 Å². The van der Waals surface area contributed by atoms with E-state index in [1.807, 2.05) is 0 Å². The molecule has 4 aliphatic carbocycles. The van der Waals surface area contributed by atoms with E-state index in [0.717, 1.165) is 0 Å². The van der Waals surface area contributed by atoms with Crippen LogP contribution in [0.2, 0.25) is 0 Å². The third kappa shape index (κ3) is 30.9. The van der Waals surface area contributed by atoms with Crippen LogP contribution in [0.4, 0.5) is 0 Å². The molecule has 0 radical (unpaired) electrons. The Balaban J connectivity index is -0.0000000760. The van der Waals surface area contributed by atoms with E-state index in [2.05, 4.69) is 0 Å². The molecule has 0 atom stereocenters. The van der Waals surface area contributed by atoms with Gasteiger partial charge in [-0.15, -0.1) is 0 Å². The molecule has 0 aromatic carbocycles. The molecule has 0 bridgehead atoms. The number of hydrogen-bond donors (Lipinski definition) is 0. The second-order valence-electron chi connectivity index (χ2n) is 7.78. The summed E-state index contributed by atoms with van der Waals surface area (Å²) in [6.07, 6.45) is 33.0. The number of hydrogen-bond acceptors (Lipinski definition) is 0. The molecule has 0 nitrogen and oxygen atoms in total. The van der Waals surface area contributed by atoms with Crippen molar-refractivity contribution in [3.05, 3.63) is 0 Å². The molecular weight excluding hydrogens is 324 g/mol. The van der Waals surface area contributed by atoms with Gasteiger partial charge in [0.05, 0.1) is 0 Å². The summed E-state index contributed by atoms with van der Waals surface area (Å²) >= 11 is 0. The first-order valence-electron chi connectivity index (χ1n) is 11.0. The minimum Gasteiger partial charge on any atom is -0.0776 e. The van der Waals surface area contributed by atoms with Crippen molar-refractivity contribution in [2.75, 3.05) is 0 Å². The molecule has 4 aliphatic rings. The molecule has 0 N–H and O–H groups in total. The second-order valence-corrected chi connectivity index (χ2v) is 7.78. The van der Waals surface area contributed by atoms with Gasteiger partial charge >= 0.3 is 0 Å². The highest BCUT2D eigenvalue weighted by atomic mass is 14.0. The fraction of sp³-hybridized carbons (Fsp3) is 1.00. The lowest BCUT2D eigenvalue weighted by molar-refractivity contribution is 0.504. The lowest BCUT2D eigenvalue weighted by Gasteiger charge is -2.05. The summed E-state index contributed by atoms with van der Waals surface area (Å²) in [5.41, 5.74) is 0. The monoisotopic (exact) mass is 389 g/mol. The first-order chi connectivity index (χ1) is 11.0. The predicted molar refractivity (Wildman–Crippen MR) is 135 cm³/mol. The van der Waals surface area contributed by atoms with E-state index in [1.165, 1.54) is 141 Å². The van der Waals surface area contributed by atoms with Crippen molar-refractivity contribution in [3.63, 3.8) is 0 Å². The normalized spacial score (nSPS) is 19.6. The summed E-state index contributed by atoms with van der Waals surface area (Å²) in [4.78, 5) is 0. The predicted octanol–water partition coefficient (Wildman–Crippen LogP) is 11.8. The smallest absolute Gasteiger partial charge is 0.0533 e. The van der Waals surface area contributed by atoms with Crippen molar-refractivity contribution in [2.24, 2.45) is 0 Å². The molecule has 4 saturated carbocycles. The summed E-state index contributed by atoms with van der Waals surface area (Å²) in [7, 11) is 0. The molecule has 0 aromatic rings. The van der Waals surface area contributed by atoms with Gasteiger partial charge in [0, 0.05) is 0 Å². The first kappa shape index (κ1) is 37.7. The molecule has 27 heavy (non-hydrogen) atoms. The Kier molecular flexibility index (Phi) is 46.9. The molecule has 0 unspecified atom stereocenters. The Labute approximate surface area is 178 Å². The van der Waals surface area contributed by atoms with Crippen LogP contribution in [-0.4, -0.2) is 0 Å². The zero-order valence-corrected chi connectivity index (χ0v) is 15.6. The average Bonchev–Trinajstić information content (AvgIpc) is 2.96. The Morgan fingerprint density at radius 3 is 0.185 bits per heavy atom. The minimum absolute atomic E-state index is 0. The third-order valence-corrected chi connectivity index (χ3v) is 5.50. The Morgan fingerprint density at radius 1 is 0.111 bits per heavy atom. The zero-order valence-electron chi connectivity index (χ0n) is 15.6. The Bertz CT molecular complexity index is 141. The fourth-order valence-corrected chi connectivity index (χ4v) is 3.43. The molecule has 4 rings (SSSR count). The summed E-state index contributed by atoms with van der Waals surface area (Å²) in [5, 5.41) is 0. The van der Waals surface area contributed by atoms with Crippen molar-refractivity contribution in [3.8, 4) is 0 Å². The number of rotatable bonds is 0. The van der Waals surface area contributed by atoms with Crippen LogP contribution in [0.25, 0.3) is 0 Å². The standard InChI is InChI=1S/C7H14.C6H12.C5H10.C4H8.5CH4/c1-2-4-6-7-5-3-1;1-2-4-6-5-3-1;1-2-4-5-3-1;1-2-4-3-1;;;;;/h1-7H2;1-6H2;1-5H2;1-4H2;5*1H4. The zero-order chi connectivity index (χ0) is 15.6. The molecular formula is C27H64. The quantitative estimate of drug-likeness (QED) is 0.362. The van der Waals surface area contributed by atoms with E-state index in [9.17, 15) is 0 Å². The molecule has 172 valence electrons. The lowest BCUT2D eigenvalue weighted by Crippen LogP contribution is -1.85. The molecule has 0 saturated heterocycles. The van der Waals surface area contributed by atoms with Gasteiger partial charge in [-0.1, -0.05) is 178 Å². The molecule has 0 heterocycles. The molecule has 0 aromatic heterocycles. The van der Waals surface area contributed by atoms with Crippen molar-refractivity contribution >= 4 is 0 Å². The Morgan fingerprint density at radius 2 is 0.148 bits per heavy atom. The van der Waals surface area contributed by atoms with Gasteiger partial charge in [0.2, 0.25) is 0 Å². The molecule has 0 amide bonds. The van der Waals surface area contributed by atoms with Crippen molar-refractivity contribution in [1.29, 1.82) is 0 Å². The van der Waals surface area contributed by atoms with Gasteiger partial charge < -0.3 is 0 Å². The van der Waals surface area contributed by atoms with Gasteiger partial charge in [-0.25, -0.2) is 0 Å². The van der Waals surface area contributed by atoms with E-state index in [0.29, 0.717) is 0 Å². The van der Waals surface area contributed by atoms with Crippen LogP contribution >= 0.6 is 0 Å². The third-order valence-electron chi connectivity index (χ3n) is 5.50. The summed E-state index contributed by atoms with van der Waals surface area (Å²) < 4.78 is 0. The highest BCUT2D eigenvalue weighted by molar-refractivity contribution is 4.52. The molecule has 0 heteroatoms. The van der Waals surface area contributed by atoms with Gasteiger partial charge in [-0.3, -0.25) is 0 Å². The van der Waals surface area contributed by atoms with Gasteiger partial charge in [0.1, 0.15) is 0 Å². The first-order valence-corrected chi connectivity index (χ1v) is 11.0. The summed E-state index contributed by atoms with van der Waals surface area (Å²) in [5.74, 6) is 0. The van der Waals surface area contributed by atoms with Gasteiger partial charge in [-0.2, -0.15) is 0 Å². The van der Waals surface area contributed by atoms with Crippen LogP contribution in [0.3, 0.4) is 0 Å². The van der Waals surface area contributed by atoms with E-state index in [4.69, 9.17) is 0 Å². The SMILES string of the molecule is C.C.C.C.C.C1CCC1.C1CCCC1.C1CCCCC1.C1CCCCCC1. The maximum Gasteiger partial charge on any atom is -0.0533 e. The van der Waals surface area contributed by atoms with Gasteiger partial charge in [-0.05, 0) is 0 Å². The fourth-order valence-electron chi connectivity index (χ4n) is 3.43. The summed E-state index contributed by atoms with van der Waals surface area (Å²) in [6.45, 7) is 0.